The lowest BCUT2D eigenvalue weighted by Crippen LogP contribution is -2.37. The van der Waals surface area contributed by atoms with Gasteiger partial charge < -0.3 is 5.32 Å². The van der Waals surface area contributed by atoms with Crippen LogP contribution < -0.4 is 5.32 Å². The summed E-state index contributed by atoms with van der Waals surface area (Å²) >= 11 is 0. The molecule has 0 aliphatic heterocycles. The van der Waals surface area contributed by atoms with E-state index in [-0.39, 0.29) is 16.5 Å². The molecule has 0 aliphatic carbocycles. The maximum absolute atomic E-state index is 11.4. The molecule has 0 aliphatic rings. The van der Waals surface area contributed by atoms with Gasteiger partial charge in [0.25, 0.3) is 0 Å². The molecule has 14 heavy (non-hydrogen) atoms. The summed E-state index contributed by atoms with van der Waals surface area (Å²) in [6, 6.07) is 0. The van der Waals surface area contributed by atoms with Gasteiger partial charge in [-0.05, 0) is 47.6 Å². The van der Waals surface area contributed by atoms with Crippen LogP contribution in [0.25, 0.3) is 0 Å². The van der Waals surface area contributed by atoms with E-state index in [1.807, 2.05) is 0 Å². The highest BCUT2D eigenvalue weighted by atomic mass is 32.2. The summed E-state index contributed by atoms with van der Waals surface area (Å²) in [6.45, 7) is 10.4. The van der Waals surface area contributed by atoms with Gasteiger partial charge in [0, 0.05) is 5.54 Å². The average Bonchev–Trinajstić information content (AvgIpc) is 1.96. The van der Waals surface area contributed by atoms with Gasteiger partial charge in [-0.2, -0.15) is 0 Å². The summed E-state index contributed by atoms with van der Waals surface area (Å²) in [5, 5.41) is 3.02. The van der Waals surface area contributed by atoms with Crippen molar-refractivity contribution in [3.8, 4) is 0 Å². The van der Waals surface area contributed by atoms with Gasteiger partial charge >= 0.3 is 0 Å². The van der Waals surface area contributed by atoms with Crippen molar-refractivity contribution in [3.63, 3.8) is 0 Å². The molecular weight excluding hydrogens is 198 g/mol. The molecular formula is C10H23NO2S. The summed E-state index contributed by atoms with van der Waals surface area (Å²) in [5.41, 5.74) is 0.0710. The lowest BCUT2D eigenvalue weighted by atomic mass is 10.1. The lowest BCUT2D eigenvalue weighted by Gasteiger charge is -2.20. The fourth-order valence-corrected chi connectivity index (χ4v) is 1.99. The van der Waals surface area contributed by atoms with Gasteiger partial charge in [-0.25, -0.2) is 8.42 Å². The van der Waals surface area contributed by atoms with Gasteiger partial charge in [-0.15, -0.1) is 0 Å². The highest BCUT2D eigenvalue weighted by Crippen LogP contribution is 2.03. The Balaban J connectivity index is 3.77. The third-order valence-corrected chi connectivity index (χ3v) is 4.27. The second-order valence-electron chi connectivity index (χ2n) is 4.95. The summed E-state index contributed by atoms with van der Waals surface area (Å²) in [6.07, 6.45) is 0.692. The van der Waals surface area contributed by atoms with Crippen molar-refractivity contribution in [2.75, 3.05) is 12.3 Å². The molecule has 0 amide bonds. The molecule has 0 rings (SSSR count). The fourth-order valence-electron chi connectivity index (χ4n) is 0.972. The van der Waals surface area contributed by atoms with Crippen molar-refractivity contribution in [3.05, 3.63) is 0 Å². The maximum atomic E-state index is 11.4. The predicted molar refractivity (Wildman–Crippen MR) is 61.3 cm³/mol. The van der Waals surface area contributed by atoms with Crippen LogP contribution in [0.5, 0.6) is 0 Å². The van der Waals surface area contributed by atoms with Crippen molar-refractivity contribution < 1.29 is 8.42 Å². The molecule has 0 bridgehead atoms. The van der Waals surface area contributed by atoms with E-state index in [0.717, 1.165) is 6.54 Å². The van der Waals surface area contributed by atoms with Gasteiger partial charge in [-0.3, -0.25) is 0 Å². The Kier molecular flexibility index (Phi) is 5.09. The van der Waals surface area contributed by atoms with Crippen LogP contribution in [0, 0.1) is 0 Å². The van der Waals surface area contributed by atoms with Crippen molar-refractivity contribution in [2.24, 2.45) is 0 Å². The molecule has 0 aromatic rings. The van der Waals surface area contributed by atoms with Crippen LogP contribution in [0.1, 0.15) is 41.0 Å². The maximum Gasteiger partial charge on any atom is 0.152 e. The Morgan fingerprint density at radius 2 is 1.71 bits per heavy atom. The number of hydrogen-bond acceptors (Lipinski definition) is 3. The molecule has 0 aromatic carbocycles. The largest absolute Gasteiger partial charge is 0.312 e. The number of rotatable bonds is 5. The molecule has 0 saturated heterocycles. The van der Waals surface area contributed by atoms with Crippen LogP contribution in [-0.4, -0.2) is 31.5 Å². The molecule has 0 unspecified atom stereocenters. The predicted octanol–water partition coefficient (Wildman–Crippen LogP) is 1.59. The zero-order valence-electron chi connectivity index (χ0n) is 9.92. The van der Waals surface area contributed by atoms with Crippen molar-refractivity contribution in [2.45, 2.75) is 51.8 Å². The summed E-state index contributed by atoms with van der Waals surface area (Å²) in [4.78, 5) is 0. The van der Waals surface area contributed by atoms with Crippen molar-refractivity contribution in [1.82, 2.24) is 5.32 Å². The molecule has 4 heteroatoms. The average molecular weight is 221 g/mol. The monoisotopic (exact) mass is 221 g/mol. The Labute approximate surface area is 88.2 Å². The molecule has 0 atom stereocenters. The number of sulfone groups is 1. The Morgan fingerprint density at radius 1 is 1.21 bits per heavy atom. The minimum Gasteiger partial charge on any atom is -0.312 e. The summed E-state index contributed by atoms with van der Waals surface area (Å²) < 4.78 is 22.9. The fraction of sp³-hybridized carbons (Fsp3) is 1.00. The molecule has 1 N–H and O–H groups in total. The van der Waals surface area contributed by atoms with E-state index in [2.05, 4.69) is 26.1 Å². The first-order valence-electron chi connectivity index (χ1n) is 5.12. The SMILES string of the molecule is CC(C)S(=O)(=O)CCCNC(C)(C)C. The highest BCUT2D eigenvalue weighted by Gasteiger charge is 2.15. The minimum absolute atomic E-state index is 0.0710. The molecule has 0 spiro atoms. The third kappa shape index (κ3) is 6.38. The minimum atomic E-state index is -2.86. The lowest BCUT2D eigenvalue weighted by molar-refractivity contribution is 0.426. The van der Waals surface area contributed by atoms with Gasteiger partial charge in [0.2, 0.25) is 0 Å². The van der Waals surface area contributed by atoms with Crippen molar-refractivity contribution >= 4 is 9.84 Å². The van der Waals surface area contributed by atoms with Gasteiger partial charge in [-0.1, -0.05) is 0 Å². The van der Waals surface area contributed by atoms with Gasteiger partial charge in [0.1, 0.15) is 0 Å². The second-order valence-corrected chi connectivity index (χ2v) is 7.62. The van der Waals surface area contributed by atoms with E-state index in [0.29, 0.717) is 6.42 Å². The van der Waals surface area contributed by atoms with Crippen LogP contribution >= 0.6 is 0 Å². The first-order valence-corrected chi connectivity index (χ1v) is 6.83. The normalized spacial score (nSPS) is 13.6. The third-order valence-electron chi connectivity index (χ3n) is 1.98. The first-order chi connectivity index (χ1) is 6.15. The van der Waals surface area contributed by atoms with E-state index in [1.54, 1.807) is 13.8 Å². The van der Waals surface area contributed by atoms with E-state index in [1.165, 1.54) is 0 Å². The quantitative estimate of drug-likeness (QED) is 0.717. The van der Waals surface area contributed by atoms with Gasteiger partial charge in [0.15, 0.2) is 9.84 Å². The summed E-state index contributed by atoms with van der Waals surface area (Å²) in [5.74, 6) is 0.285. The Hall–Kier alpha value is -0.0900. The smallest absolute Gasteiger partial charge is 0.152 e. The molecule has 0 heterocycles. The van der Waals surface area contributed by atoms with Crippen LogP contribution in [-0.2, 0) is 9.84 Å². The second kappa shape index (κ2) is 5.12. The van der Waals surface area contributed by atoms with Crippen LogP contribution in [0.2, 0.25) is 0 Å². The molecule has 86 valence electrons. The van der Waals surface area contributed by atoms with E-state index >= 15 is 0 Å². The zero-order valence-corrected chi connectivity index (χ0v) is 10.7. The Bertz CT molecular complexity index is 250. The standard InChI is InChI=1S/C10H23NO2S/c1-9(2)14(12,13)8-6-7-11-10(3,4)5/h9,11H,6-8H2,1-5H3. The van der Waals surface area contributed by atoms with Crippen LogP contribution in [0.4, 0.5) is 0 Å². The van der Waals surface area contributed by atoms with E-state index in [4.69, 9.17) is 0 Å². The highest BCUT2D eigenvalue weighted by molar-refractivity contribution is 7.91. The molecule has 0 saturated carbocycles. The molecule has 3 nitrogen and oxygen atoms in total. The van der Waals surface area contributed by atoms with E-state index in [9.17, 15) is 8.42 Å². The number of nitrogens with one attached hydrogen (secondary N) is 1. The van der Waals surface area contributed by atoms with Crippen molar-refractivity contribution in [1.29, 1.82) is 0 Å². The van der Waals surface area contributed by atoms with Crippen LogP contribution in [0.15, 0.2) is 0 Å². The summed E-state index contributed by atoms with van der Waals surface area (Å²) in [7, 11) is -2.86. The van der Waals surface area contributed by atoms with Crippen LogP contribution in [0.3, 0.4) is 0 Å². The zero-order chi connectivity index (χ0) is 11.4. The van der Waals surface area contributed by atoms with Gasteiger partial charge in [0.05, 0.1) is 11.0 Å². The molecule has 0 aromatic heterocycles. The molecule has 0 fully saturated rings. The van der Waals surface area contributed by atoms with E-state index < -0.39 is 9.84 Å². The first kappa shape index (κ1) is 13.9. The number of hydrogen-bond donors (Lipinski definition) is 1. The Morgan fingerprint density at radius 3 is 2.07 bits per heavy atom. The topological polar surface area (TPSA) is 46.2 Å². The molecule has 0 radical (unpaired) electrons.